The van der Waals surface area contributed by atoms with E-state index in [1.165, 1.54) is 4.80 Å². The Labute approximate surface area is 213 Å². The fraction of sp³-hybridized carbons (Fsp3) is 0.222. The van der Waals surface area contributed by atoms with Gasteiger partial charge in [-0.2, -0.15) is 4.80 Å². The van der Waals surface area contributed by atoms with Crippen molar-refractivity contribution in [2.24, 2.45) is 0 Å². The number of hydrogen-bond acceptors (Lipinski definition) is 7. The number of nitrogens with one attached hydrogen (secondary N) is 2. The lowest BCUT2D eigenvalue weighted by Gasteiger charge is -2.12. The summed E-state index contributed by atoms with van der Waals surface area (Å²) in [6.45, 7) is 1.61. The van der Waals surface area contributed by atoms with Crippen LogP contribution >= 0.6 is 0 Å². The van der Waals surface area contributed by atoms with E-state index in [-0.39, 0.29) is 6.10 Å². The predicted octanol–water partition coefficient (Wildman–Crippen LogP) is 3.02. The van der Waals surface area contributed by atoms with Crippen LogP contribution in [0.2, 0.25) is 0 Å². The van der Waals surface area contributed by atoms with Gasteiger partial charge in [0.2, 0.25) is 5.82 Å². The Morgan fingerprint density at radius 2 is 1.73 bits per heavy atom. The Hall–Kier alpha value is -4.57. The smallest absolute Gasteiger partial charge is 0.269 e. The Balaban J connectivity index is 1.12. The normalized spacial score (nSPS) is 14.8. The minimum absolute atomic E-state index is 0.0855. The fourth-order valence-corrected chi connectivity index (χ4v) is 3.89. The maximum atomic E-state index is 12.5. The number of nitrogens with zero attached hydrogens (tertiary/aromatic N) is 4. The average molecular weight is 499 g/mol. The molecule has 188 valence electrons. The molecule has 0 radical (unpaired) electrons. The molecule has 4 aromatic rings. The summed E-state index contributed by atoms with van der Waals surface area (Å²) in [7, 11) is 0. The lowest BCUT2D eigenvalue weighted by molar-refractivity contribution is 0.0679. The van der Waals surface area contributed by atoms with Crippen LogP contribution in [-0.4, -0.2) is 51.3 Å². The third-order valence-corrected chi connectivity index (χ3v) is 5.87. The molecular weight excluding hydrogens is 472 g/mol. The van der Waals surface area contributed by atoms with Gasteiger partial charge >= 0.3 is 0 Å². The summed E-state index contributed by atoms with van der Waals surface area (Å²) in [4.78, 5) is 26.5. The molecule has 0 saturated carbocycles. The molecule has 10 heteroatoms. The number of benzene rings is 3. The number of hydrazine groups is 1. The minimum Gasteiger partial charge on any atom is -0.491 e. The van der Waals surface area contributed by atoms with Crippen molar-refractivity contribution in [1.82, 2.24) is 31.1 Å². The summed E-state index contributed by atoms with van der Waals surface area (Å²) in [5, 5.41) is 12.6. The first-order valence-corrected chi connectivity index (χ1v) is 12.0. The van der Waals surface area contributed by atoms with Crippen molar-refractivity contribution < 1.29 is 19.1 Å². The van der Waals surface area contributed by atoms with Crippen molar-refractivity contribution in [3.05, 3.63) is 95.6 Å². The van der Waals surface area contributed by atoms with E-state index in [0.29, 0.717) is 35.9 Å². The van der Waals surface area contributed by atoms with Gasteiger partial charge < -0.3 is 9.47 Å². The monoisotopic (exact) mass is 498 g/mol. The van der Waals surface area contributed by atoms with E-state index in [4.69, 9.17) is 9.47 Å². The first-order chi connectivity index (χ1) is 18.1. The van der Waals surface area contributed by atoms with Crippen molar-refractivity contribution >= 4 is 11.8 Å². The van der Waals surface area contributed by atoms with E-state index in [0.717, 1.165) is 30.6 Å². The van der Waals surface area contributed by atoms with Crippen LogP contribution in [0.4, 0.5) is 0 Å². The summed E-state index contributed by atoms with van der Waals surface area (Å²) >= 11 is 0. The molecule has 3 aromatic carbocycles. The van der Waals surface area contributed by atoms with Crippen LogP contribution in [0, 0.1) is 0 Å². The molecule has 5 rings (SSSR count). The van der Waals surface area contributed by atoms with Gasteiger partial charge in [0.1, 0.15) is 12.4 Å². The highest BCUT2D eigenvalue weighted by atomic mass is 16.5. The summed E-state index contributed by atoms with van der Waals surface area (Å²) in [5.41, 5.74) is 7.45. The number of rotatable bonds is 8. The number of amides is 2. The molecule has 1 atom stereocenters. The molecule has 0 bridgehead atoms. The van der Waals surface area contributed by atoms with Crippen molar-refractivity contribution in [2.45, 2.75) is 25.5 Å². The number of ether oxygens (including phenoxy) is 2. The summed E-state index contributed by atoms with van der Waals surface area (Å²) in [6, 6.07) is 23.3. The molecule has 0 unspecified atom stereocenters. The molecular formula is C27H26N6O4. The zero-order valence-electron chi connectivity index (χ0n) is 20.0. The van der Waals surface area contributed by atoms with Gasteiger partial charge in [-0.05, 0) is 54.0 Å². The average Bonchev–Trinajstić information content (AvgIpc) is 3.64. The van der Waals surface area contributed by atoms with Gasteiger partial charge in [-0.15, -0.1) is 10.2 Å². The van der Waals surface area contributed by atoms with Crippen LogP contribution in [0.25, 0.3) is 11.4 Å². The predicted molar refractivity (Wildman–Crippen MR) is 135 cm³/mol. The SMILES string of the molecule is O=C(NNC(=O)c1cccc(OC[C@@H]2CCCO2)c1)c1ccc(Cn2nnc(-c3ccccc3)n2)cc1. The third-order valence-electron chi connectivity index (χ3n) is 5.87. The second kappa shape index (κ2) is 11.4. The van der Waals surface area contributed by atoms with Crippen LogP contribution in [-0.2, 0) is 11.3 Å². The molecule has 2 heterocycles. The maximum absolute atomic E-state index is 12.5. The molecule has 10 nitrogen and oxygen atoms in total. The number of aromatic nitrogens is 4. The molecule has 0 spiro atoms. The topological polar surface area (TPSA) is 120 Å². The van der Waals surface area contributed by atoms with Crippen molar-refractivity contribution in [3.63, 3.8) is 0 Å². The molecule has 1 saturated heterocycles. The van der Waals surface area contributed by atoms with E-state index in [1.807, 2.05) is 30.3 Å². The summed E-state index contributed by atoms with van der Waals surface area (Å²) in [5.74, 6) is 0.241. The zero-order valence-corrected chi connectivity index (χ0v) is 20.0. The lowest BCUT2D eigenvalue weighted by atomic mass is 10.1. The number of tetrazole rings is 1. The molecule has 2 N–H and O–H groups in total. The number of hydrogen-bond donors (Lipinski definition) is 2. The first-order valence-electron chi connectivity index (χ1n) is 12.0. The Bertz CT molecular complexity index is 1350. The standard InChI is InChI=1S/C27H26N6O4/c34-26(29-30-27(35)22-8-4-9-23(16-22)37-18-24-10-5-15-36-24)21-13-11-19(12-14-21)17-33-31-25(28-32-33)20-6-2-1-3-7-20/h1-4,6-9,11-14,16,24H,5,10,15,17-18H2,(H,29,34)(H,30,35)/t24-/m0/s1. The second-order valence-corrected chi connectivity index (χ2v) is 8.59. The quantitative estimate of drug-likeness (QED) is 0.358. The Kier molecular flexibility index (Phi) is 7.47. The maximum Gasteiger partial charge on any atom is 0.269 e. The Morgan fingerprint density at radius 1 is 0.946 bits per heavy atom. The number of carbonyl (C=O) groups excluding carboxylic acids is 2. The van der Waals surface area contributed by atoms with Crippen LogP contribution in [0.15, 0.2) is 78.9 Å². The van der Waals surface area contributed by atoms with E-state index < -0.39 is 11.8 Å². The largest absolute Gasteiger partial charge is 0.491 e. The van der Waals surface area contributed by atoms with E-state index in [2.05, 4.69) is 26.3 Å². The van der Waals surface area contributed by atoms with Crippen molar-refractivity contribution in [2.75, 3.05) is 13.2 Å². The molecule has 1 aliphatic heterocycles. The third kappa shape index (κ3) is 6.36. The zero-order chi connectivity index (χ0) is 25.5. The second-order valence-electron chi connectivity index (χ2n) is 8.59. The van der Waals surface area contributed by atoms with E-state index in [1.54, 1.807) is 48.5 Å². The molecule has 2 amide bonds. The van der Waals surface area contributed by atoms with Gasteiger partial charge in [-0.3, -0.25) is 20.4 Å². The van der Waals surface area contributed by atoms with Gasteiger partial charge in [-0.25, -0.2) is 0 Å². The fourth-order valence-electron chi connectivity index (χ4n) is 3.89. The number of carbonyl (C=O) groups is 2. The van der Waals surface area contributed by atoms with E-state index >= 15 is 0 Å². The van der Waals surface area contributed by atoms with Crippen LogP contribution in [0.5, 0.6) is 5.75 Å². The van der Waals surface area contributed by atoms with Gasteiger partial charge in [-0.1, -0.05) is 48.5 Å². The molecule has 1 aliphatic rings. The van der Waals surface area contributed by atoms with Gasteiger partial charge in [0.05, 0.1) is 12.6 Å². The minimum atomic E-state index is -0.445. The van der Waals surface area contributed by atoms with Crippen LogP contribution in [0.1, 0.15) is 39.1 Å². The van der Waals surface area contributed by atoms with Gasteiger partial charge in [0.15, 0.2) is 0 Å². The molecule has 37 heavy (non-hydrogen) atoms. The molecule has 0 aliphatic carbocycles. The van der Waals surface area contributed by atoms with Crippen LogP contribution in [0.3, 0.4) is 0 Å². The highest BCUT2D eigenvalue weighted by Gasteiger charge is 2.16. The van der Waals surface area contributed by atoms with Crippen molar-refractivity contribution in [3.8, 4) is 17.1 Å². The summed E-state index contributed by atoms with van der Waals surface area (Å²) in [6.07, 6.45) is 2.09. The first kappa shape index (κ1) is 24.1. The van der Waals surface area contributed by atoms with Gasteiger partial charge in [0, 0.05) is 23.3 Å². The summed E-state index contributed by atoms with van der Waals surface area (Å²) < 4.78 is 11.3. The van der Waals surface area contributed by atoms with Crippen molar-refractivity contribution in [1.29, 1.82) is 0 Å². The van der Waals surface area contributed by atoms with E-state index in [9.17, 15) is 9.59 Å². The highest BCUT2D eigenvalue weighted by molar-refractivity contribution is 5.99. The van der Waals surface area contributed by atoms with Gasteiger partial charge in [0.25, 0.3) is 11.8 Å². The highest BCUT2D eigenvalue weighted by Crippen LogP contribution is 2.17. The lowest BCUT2D eigenvalue weighted by Crippen LogP contribution is -2.41. The molecule has 1 fully saturated rings. The Morgan fingerprint density at radius 3 is 2.49 bits per heavy atom. The molecule has 1 aromatic heterocycles. The van der Waals surface area contributed by atoms with Crippen LogP contribution < -0.4 is 15.6 Å².